The predicted molar refractivity (Wildman–Crippen MR) is 140 cm³/mol. The lowest BCUT2D eigenvalue weighted by molar-refractivity contribution is -0.137. The largest absolute Gasteiger partial charge is 0.496 e. The van der Waals surface area contributed by atoms with Crippen LogP contribution in [0.25, 0.3) is 22.8 Å². The second-order valence-electron chi connectivity index (χ2n) is 9.43. The SMILES string of the molecule is CC=Cc1ccccc1OCc1c(-c2cc(C(F)(F)F)ccc2OC)ccc2c1C(C)=CC(C)(C)N2. The number of fused-ring (bicyclic) bond motifs is 1. The van der Waals surface area contributed by atoms with Crippen LogP contribution >= 0.6 is 0 Å². The number of rotatable bonds is 6. The molecule has 36 heavy (non-hydrogen) atoms. The van der Waals surface area contributed by atoms with Gasteiger partial charge in [-0.15, -0.1) is 0 Å². The molecule has 0 amide bonds. The summed E-state index contributed by atoms with van der Waals surface area (Å²) >= 11 is 0. The van der Waals surface area contributed by atoms with Gasteiger partial charge in [0.15, 0.2) is 0 Å². The topological polar surface area (TPSA) is 30.5 Å². The van der Waals surface area contributed by atoms with Crippen LogP contribution in [-0.2, 0) is 12.8 Å². The zero-order valence-corrected chi connectivity index (χ0v) is 21.1. The van der Waals surface area contributed by atoms with Crippen LogP contribution in [-0.4, -0.2) is 12.6 Å². The Hall–Kier alpha value is -3.67. The van der Waals surface area contributed by atoms with Crippen LogP contribution in [0.4, 0.5) is 18.9 Å². The van der Waals surface area contributed by atoms with Crippen molar-refractivity contribution in [2.24, 2.45) is 0 Å². The molecule has 1 aliphatic rings. The Morgan fingerprint density at radius 1 is 0.972 bits per heavy atom. The minimum absolute atomic E-state index is 0.166. The van der Waals surface area contributed by atoms with Gasteiger partial charge in [0.2, 0.25) is 0 Å². The average Bonchev–Trinajstić information content (AvgIpc) is 2.81. The lowest BCUT2D eigenvalue weighted by Gasteiger charge is -2.33. The molecule has 0 atom stereocenters. The van der Waals surface area contributed by atoms with Crippen LogP contribution in [0.15, 0.2) is 66.7 Å². The van der Waals surface area contributed by atoms with Crippen molar-refractivity contribution in [2.75, 3.05) is 12.4 Å². The number of hydrogen-bond acceptors (Lipinski definition) is 3. The van der Waals surface area contributed by atoms with Crippen molar-refractivity contribution in [2.45, 2.75) is 46.0 Å². The van der Waals surface area contributed by atoms with E-state index in [0.29, 0.717) is 22.6 Å². The van der Waals surface area contributed by atoms with Crippen molar-refractivity contribution < 1.29 is 22.6 Å². The van der Waals surface area contributed by atoms with E-state index in [4.69, 9.17) is 9.47 Å². The number of ether oxygens (including phenoxy) is 2. The lowest BCUT2D eigenvalue weighted by atomic mass is 9.85. The molecular formula is C30H30F3NO2. The highest BCUT2D eigenvalue weighted by atomic mass is 19.4. The molecule has 0 saturated heterocycles. The number of nitrogens with one attached hydrogen (secondary N) is 1. The van der Waals surface area contributed by atoms with Gasteiger partial charge in [0, 0.05) is 27.9 Å². The monoisotopic (exact) mass is 493 g/mol. The Bertz CT molecular complexity index is 1340. The Kier molecular flexibility index (Phi) is 6.90. The fourth-order valence-corrected chi connectivity index (χ4v) is 4.78. The highest BCUT2D eigenvalue weighted by molar-refractivity contribution is 5.88. The number of methoxy groups -OCH3 is 1. The van der Waals surface area contributed by atoms with Crippen molar-refractivity contribution >= 4 is 17.3 Å². The highest BCUT2D eigenvalue weighted by Gasteiger charge is 2.32. The molecule has 0 spiro atoms. The molecule has 0 fully saturated rings. The first-order chi connectivity index (χ1) is 17.0. The zero-order valence-electron chi connectivity index (χ0n) is 21.1. The maximum atomic E-state index is 13.6. The molecule has 0 radical (unpaired) electrons. The molecule has 0 bridgehead atoms. The number of alkyl halides is 3. The van der Waals surface area contributed by atoms with E-state index in [2.05, 4.69) is 25.2 Å². The Labute approximate surface area is 210 Å². The van der Waals surface area contributed by atoms with Crippen LogP contribution in [0, 0.1) is 0 Å². The molecule has 3 nitrogen and oxygen atoms in total. The summed E-state index contributed by atoms with van der Waals surface area (Å²) in [6.07, 6.45) is 1.55. The normalized spacial score (nSPS) is 14.7. The molecule has 1 heterocycles. The third kappa shape index (κ3) is 5.13. The third-order valence-electron chi connectivity index (χ3n) is 6.20. The van der Waals surface area contributed by atoms with E-state index < -0.39 is 11.7 Å². The van der Waals surface area contributed by atoms with E-state index in [1.165, 1.54) is 13.2 Å². The minimum Gasteiger partial charge on any atom is -0.496 e. The van der Waals surface area contributed by atoms with Crippen LogP contribution in [0.5, 0.6) is 11.5 Å². The van der Waals surface area contributed by atoms with Crippen LogP contribution in [0.1, 0.15) is 49.9 Å². The second-order valence-corrected chi connectivity index (χ2v) is 9.43. The standard InChI is InChI=1S/C30H30F3NO2/c1-6-9-20-10-7-8-11-26(20)36-18-24-22(13-14-25-28(24)19(2)17-29(3,4)34-25)23-16-21(30(31,32)33)12-15-27(23)35-5/h6-17,34H,18H2,1-5H3. The van der Waals surface area contributed by atoms with Gasteiger partial charge in [0.05, 0.1) is 18.2 Å². The molecular weight excluding hydrogens is 463 g/mol. The molecule has 1 aliphatic heterocycles. The van der Waals surface area contributed by atoms with E-state index >= 15 is 0 Å². The first kappa shape index (κ1) is 25.4. The smallest absolute Gasteiger partial charge is 0.416 e. The summed E-state index contributed by atoms with van der Waals surface area (Å²) in [4.78, 5) is 0. The number of anilines is 1. The van der Waals surface area contributed by atoms with Crippen molar-refractivity contribution in [1.82, 2.24) is 0 Å². The van der Waals surface area contributed by atoms with Gasteiger partial charge < -0.3 is 14.8 Å². The third-order valence-corrected chi connectivity index (χ3v) is 6.20. The summed E-state index contributed by atoms with van der Waals surface area (Å²) in [5, 5.41) is 3.53. The first-order valence-electron chi connectivity index (χ1n) is 11.8. The summed E-state index contributed by atoms with van der Waals surface area (Å²) in [5.74, 6) is 1.06. The molecule has 3 aromatic carbocycles. The maximum Gasteiger partial charge on any atom is 0.416 e. The summed E-state index contributed by atoms with van der Waals surface area (Å²) in [7, 11) is 1.46. The molecule has 0 unspecified atom stereocenters. The van der Waals surface area contributed by atoms with Crippen molar-refractivity contribution in [3.8, 4) is 22.6 Å². The number of benzene rings is 3. The predicted octanol–water partition coefficient (Wildman–Crippen LogP) is 8.60. The average molecular weight is 494 g/mol. The van der Waals surface area contributed by atoms with Gasteiger partial charge in [-0.25, -0.2) is 0 Å². The van der Waals surface area contributed by atoms with Crippen molar-refractivity contribution in [3.05, 3.63) is 89.0 Å². The summed E-state index contributed by atoms with van der Waals surface area (Å²) < 4.78 is 52.7. The molecule has 4 rings (SSSR count). The quantitative estimate of drug-likeness (QED) is 0.373. The first-order valence-corrected chi connectivity index (χ1v) is 11.8. The van der Waals surface area contributed by atoms with E-state index in [0.717, 1.165) is 40.1 Å². The van der Waals surface area contributed by atoms with Gasteiger partial charge in [-0.05, 0) is 69.2 Å². The van der Waals surface area contributed by atoms with Crippen LogP contribution in [0.3, 0.4) is 0 Å². The van der Waals surface area contributed by atoms with E-state index in [1.54, 1.807) is 0 Å². The van der Waals surface area contributed by atoms with Gasteiger partial charge in [-0.3, -0.25) is 0 Å². The Balaban J connectivity index is 1.91. The van der Waals surface area contributed by atoms with Crippen LogP contribution < -0.4 is 14.8 Å². The fourth-order valence-electron chi connectivity index (χ4n) is 4.78. The number of allylic oxidation sites excluding steroid dienone is 2. The Morgan fingerprint density at radius 2 is 1.72 bits per heavy atom. The molecule has 0 saturated carbocycles. The summed E-state index contributed by atoms with van der Waals surface area (Å²) in [6.45, 7) is 8.27. The fraction of sp³-hybridized carbons (Fsp3) is 0.267. The number of para-hydroxylation sites is 1. The Morgan fingerprint density at radius 3 is 2.42 bits per heavy atom. The molecule has 6 heteroatoms. The minimum atomic E-state index is -4.47. The molecule has 188 valence electrons. The van der Waals surface area contributed by atoms with Crippen molar-refractivity contribution in [3.63, 3.8) is 0 Å². The lowest BCUT2D eigenvalue weighted by Crippen LogP contribution is -2.32. The number of halogens is 3. The van der Waals surface area contributed by atoms with Gasteiger partial charge in [-0.2, -0.15) is 13.2 Å². The molecule has 0 aliphatic carbocycles. The molecule has 0 aromatic heterocycles. The molecule has 1 N–H and O–H groups in total. The van der Waals surface area contributed by atoms with Gasteiger partial charge in [0.25, 0.3) is 0 Å². The molecule has 3 aromatic rings. The highest BCUT2D eigenvalue weighted by Crippen LogP contribution is 2.44. The van der Waals surface area contributed by atoms with E-state index in [9.17, 15) is 13.2 Å². The van der Waals surface area contributed by atoms with E-state index in [-0.39, 0.29) is 12.1 Å². The van der Waals surface area contributed by atoms with E-state index in [1.807, 2.05) is 62.4 Å². The van der Waals surface area contributed by atoms with Gasteiger partial charge >= 0.3 is 6.18 Å². The number of hydrogen-bond donors (Lipinski definition) is 1. The maximum absolute atomic E-state index is 13.6. The zero-order chi connectivity index (χ0) is 26.1. The summed E-state index contributed by atoms with van der Waals surface area (Å²) in [6, 6.07) is 15.0. The van der Waals surface area contributed by atoms with Gasteiger partial charge in [0.1, 0.15) is 18.1 Å². The van der Waals surface area contributed by atoms with Crippen molar-refractivity contribution in [1.29, 1.82) is 0 Å². The summed E-state index contributed by atoms with van der Waals surface area (Å²) in [5.41, 5.74) is 4.59. The van der Waals surface area contributed by atoms with Gasteiger partial charge in [-0.1, -0.05) is 42.5 Å². The second kappa shape index (κ2) is 9.76. The van der Waals surface area contributed by atoms with Crippen LogP contribution in [0.2, 0.25) is 0 Å².